The number of hydrogen-bond donors (Lipinski definition) is 0. The van der Waals surface area contributed by atoms with E-state index in [-0.39, 0.29) is 17.1 Å². The lowest BCUT2D eigenvalue weighted by molar-refractivity contribution is -0.130. The molecule has 2 nitrogen and oxygen atoms in total. The highest BCUT2D eigenvalue weighted by atomic mass is 19.1. The summed E-state index contributed by atoms with van der Waals surface area (Å²) in [7, 11) is 1.80. The largest absolute Gasteiger partial charge is 0.345 e. The van der Waals surface area contributed by atoms with Crippen molar-refractivity contribution in [2.75, 3.05) is 13.6 Å². The first-order valence-electron chi connectivity index (χ1n) is 5.76. The molecule has 1 amide bonds. The van der Waals surface area contributed by atoms with Gasteiger partial charge in [-0.15, -0.1) is 0 Å². The molecule has 0 aliphatic carbocycles. The molecule has 0 atom stereocenters. The number of benzene rings is 1. The monoisotopic (exact) mass is 237 g/mol. The third-order valence-electron chi connectivity index (χ3n) is 2.41. The van der Waals surface area contributed by atoms with Gasteiger partial charge in [-0.25, -0.2) is 4.39 Å². The van der Waals surface area contributed by atoms with Crippen LogP contribution in [0.15, 0.2) is 24.3 Å². The Balaban J connectivity index is 2.57. The normalized spacial score (nSPS) is 11.4. The minimum Gasteiger partial charge on any atom is -0.345 e. The first-order valence-corrected chi connectivity index (χ1v) is 5.76. The standard InChI is InChI=1S/C14H20FNO/c1-14(2,3)10-16(4)13(17)9-11-5-7-12(15)8-6-11/h5-8H,9-10H2,1-4H3. The molecule has 0 saturated carbocycles. The number of likely N-dealkylation sites (N-methyl/N-ethyl adjacent to an activating group) is 1. The van der Waals surface area contributed by atoms with Crippen molar-refractivity contribution in [1.82, 2.24) is 4.90 Å². The van der Waals surface area contributed by atoms with Crippen LogP contribution in [0.5, 0.6) is 0 Å². The molecule has 0 N–H and O–H groups in total. The Hall–Kier alpha value is -1.38. The molecule has 0 radical (unpaired) electrons. The molecule has 0 heterocycles. The molecule has 17 heavy (non-hydrogen) atoms. The van der Waals surface area contributed by atoms with Gasteiger partial charge in [0.05, 0.1) is 6.42 Å². The molecule has 0 unspecified atom stereocenters. The first kappa shape index (κ1) is 13.7. The lowest BCUT2D eigenvalue weighted by Gasteiger charge is -2.26. The molecular weight excluding hydrogens is 217 g/mol. The van der Waals surface area contributed by atoms with Crippen LogP contribution < -0.4 is 0 Å². The zero-order valence-corrected chi connectivity index (χ0v) is 11.0. The smallest absolute Gasteiger partial charge is 0.226 e. The minimum atomic E-state index is -0.274. The van der Waals surface area contributed by atoms with Crippen molar-refractivity contribution in [3.63, 3.8) is 0 Å². The van der Waals surface area contributed by atoms with E-state index in [0.717, 1.165) is 5.56 Å². The van der Waals surface area contributed by atoms with Gasteiger partial charge in [-0.2, -0.15) is 0 Å². The van der Waals surface area contributed by atoms with Crippen molar-refractivity contribution in [2.45, 2.75) is 27.2 Å². The van der Waals surface area contributed by atoms with Gasteiger partial charge >= 0.3 is 0 Å². The molecule has 0 aliphatic heterocycles. The maximum Gasteiger partial charge on any atom is 0.226 e. The number of hydrogen-bond acceptors (Lipinski definition) is 1. The topological polar surface area (TPSA) is 20.3 Å². The van der Waals surface area contributed by atoms with Crippen LogP contribution in [-0.4, -0.2) is 24.4 Å². The van der Waals surface area contributed by atoms with E-state index < -0.39 is 0 Å². The van der Waals surface area contributed by atoms with Gasteiger partial charge in [-0.05, 0) is 23.1 Å². The summed E-state index contributed by atoms with van der Waals surface area (Å²) in [6, 6.07) is 6.06. The number of halogens is 1. The zero-order chi connectivity index (χ0) is 13.1. The van der Waals surface area contributed by atoms with Crippen LogP contribution in [0.4, 0.5) is 4.39 Å². The minimum absolute atomic E-state index is 0.0616. The Bertz CT molecular complexity index is 378. The predicted octanol–water partition coefficient (Wildman–Crippen LogP) is 2.87. The number of carbonyl (C=O) groups is 1. The van der Waals surface area contributed by atoms with Crippen LogP contribution in [0, 0.1) is 11.2 Å². The first-order chi connectivity index (χ1) is 7.78. The fraction of sp³-hybridized carbons (Fsp3) is 0.500. The van der Waals surface area contributed by atoms with Gasteiger partial charge in [0.1, 0.15) is 5.82 Å². The van der Waals surface area contributed by atoms with E-state index in [1.807, 2.05) is 0 Å². The van der Waals surface area contributed by atoms with Crippen LogP contribution in [0.3, 0.4) is 0 Å². The van der Waals surface area contributed by atoms with E-state index >= 15 is 0 Å². The predicted molar refractivity (Wildman–Crippen MR) is 67.2 cm³/mol. The van der Waals surface area contributed by atoms with E-state index in [1.54, 1.807) is 24.1 Å². The van der Waals surface area contributed by atoms with Gasteiger partial charge in [0.2, 0.25) is 5.91 Å². The summed E-state index contributed by atoms with van der Waals surface area (Å²) in [6.45, 7) is 6.99. The fourth-order valence-electron chi connectivity index (χ4n) is 1.71. The third-order valence-corrected chi connectivity index (χ3v) is 2.41. The molecule has 0 aromatic heterocycles. The quantitative estimate of drug-likeness (QED) is 0.791. The molecule has 3 heteroatoms. The second kappa shape index (κ2) is 5.30. The molecule has 0 fully saturated rings. The maximum atomic E-state index is 12.7. The highest BCUT2D eigenvalue weighted by Gasteiger charge is 2.17. The van der Waals surface area contributed by atoms with Crippen molar-refractivity contribution in [3.05, 3.63) is 35.6 Å². The molecule has 0 spiro atoms. The van der Waals surface area contributed by atoms with Gasteiger partial charge in [0.25, 0.3) is 0 Å². The van der Waals surface area contributed by atoms with E-state index in [1.165, 1.54) is 12.1 Å². The Labute approximate surface area is 102 Å². The van der Waals surface area contributed by atoms with Gasteiger partial charge in [-0.3, -0.25) is 4.79 Å². The second-order valence-electron chi connectivity index (χ2n) is 5.61. The number of amides is 1. The van der Waals surface area contributed by atoms with Crippen LogP contribution in [0.25, 0.3) is 0 Å². The van der Waals surface area contributed by atoms with Crippen molar-refractivity contribution >= 4 is 5.91 Å². The summed E-state index contributed by atoms with van der Waals surface area (Å²) in [5, 5.41) is 0. The van der Waals surface area contributed by atoms with Crippen molar-refractivity contribution < 1.29 is 9.18 Å². The SMILES string of the molecule is CN(CC(C)(C)C)C(=O)Cc1ccc(F)cc1. The lowest BCUT2D eigenvalue weighted by Crippen LogP contribution is -2.35. The summed E-state index contributed by atoms with van der Waals surface area (Å²) < 4.78 is 12.7. The fourth-order valence-corrected chi connectivity index (χ4v) is 1.71. The Kier molecular flexibility index (Phi) is 4.27. The van der Waals surface area contributed by atoms with Gasteiger partial charge in [-0.1, -0.05) is 32.9 Å². The van der Waals surface area contributed by atoms with Crippen LogP contribution in [0.1, 0.15) is 26.3 Å². The average molecular weight is 237 g/mol. The Morgan fingerprint density at radius 2 is 1.76 bits per heavy atom. The van der Waals surface area contributed by atoms with E-state index in [2.05, 4.69) is 20.8 Å². The molecule has 0 saturated heterocycles. The summed E-state index contributed by atoms with van der Waals surface area (Å²) >= 11 is 0. The average Bonchev–Trinajstić information content (AvgIpc) is 2.19. The molecular formula is C14H20FNO. The third kappa shape index (κ3) is 4.98. The summed E-state index contributed by atoms with van der Waals surface area (Å²) in [5.41, 5.74) is 0.935. The molecule has 0 aliphatic rings. The summed E-state index contributed by atoms with van der Waals surface area (Å²) in [4.78, 5) is 13.6. The second-order valence-corrected chi connectivity index (χ2v) is 5.61. The number of nitrogens with zero attached hydrogens (tertiary/aromatic N) is 1. The molecule has 0 bridgehead atoms. The molecule has 1 aromatic carbocycles. The maximum absolute atomic E-state index is 12.7. The van der Waals surface area contributed by atoms with Gasteiger partial charge in [0, 0.05) is 13.6 Å². The van der Waals surface area contributed by atoms with Crippen LogP contribution in [0.2, 0.25) is 0 Å². The Morgan fingerprint density at radius 1 is 1.24 bits per heavy atom. The summed E-state index contributed by atoms with van der Waals surface area (Å²) in [5.74, 6) is -0.212. The van der Waals surface area contributed by atoms with Crippen molar-refractivity contribution in [1.29, 1.82) is 0 Å². The Morgan fingerprint density at radius 3 is 2.24 bits per heavy atom. The van der Waals surface area contributed by atoms with Crippen molar-refractivity contribution in [2.24, 2.45) is 5.41 Å². The highest BCUT2D eigenvalue weighted by molar-refractivity contribution is 5.78. The lowest BCUT2D eigenvalue weighted by atomic mass is 9.96. The van der Waals surface area contributed by atoms with E-state index in [9.17, 15) is 9.18 Å². The molecule has 1 rings (SSSR count). The highest BCUT2D eigenvalue weighted by Crippen LogP contribution is 2.15. The van der Waals surface area contributed by atoms with Crippen LogP contribution in [-0.2, 0) is 11.2 Å². The van der Waals surface area contributed by atoms with E-state index in [0.29, 0.717) is 13.0 Å². The van der Waals surface area contributed by atoms with Gasteiger partial charge in [0.15, 0.2) is 0 Å². The molecule has 1 aromatic rings. The molecule has 94 valence electrons. The van der Waals surface area contributed by atoms with E-state index in [4.69, 9.17) is 0 Å². The number of rotatable bonds is 3. The van der Waals surface area contributed by atoms with Gasteiger partial charge < -0.3 is 4.90 Å². The summed E-state index contributed by atoms with van der Waals surface area (Å²) in [6.07, 6.45) is 0.326. The number of carbonyl (C=O) groups excluding carboxylic acids is 1. The van der Waals surface area contributed by atoms with Crippen LogP contribution >= 0.6 is 0 Å². The van der Waals surface area contributed by atoms with Crippen molar-refractivity contribution in [3.8, 4) is 0 Å². The zero-order valence-electron chi connectivity index (χ0n) is 11.0.